The zero-order valence-electron chi connectivity index (χ0n) is 27.2. The molecule has 2 aromatic carbocycles. The van der Waals surface area contributed by atoms with Crippen molar-refractivity contribution in [1.29, 1.82) is 0 Å². The van der Waals surface area contributed by atoms with Gasteiger partial charge in [0.15, 0.2) is 5.43 Å². The first-order valence-corrected chi connectivity index (χ1v) is 17.5. The molecule has 3 aromatic rings. The lowest BCUT2D eigenvalue weighted by Crippen LogP contribution is -2.34. The van der Waals surface area contributed by atoms with Gasteiger partial charge in [0.2, 0.25) is 11.8 Å². The first kappa shape index (κ1) is 35.0. The number of imide groups is 1. The summed E-state index contributed by atoms with van der Waals surface area (Å²) in [7, 11) is 0. The zero-order chi connectivity index (χ0) is 32.9. The van der Waals surface area contributed by atoms with Crippen molar-refractivity contribution in [3.8, 4) is 0 Å². The Bertz CT molecular complexity index is 1640. The minimum Gasteiger partial charge on any atom is -0.464 e. The van der Waals surface area contributed by atoms with E-state index in [2.05, 4.69) is 50.8 Å². The van der Waals surface area contributed by atoms with Crippen molar-refractivity contribution < 1.29 is 19.1 Å². The normalized spacial score (nSPS) is 16.7. The summed E-state index contributed by atoms with van der Waals surface area (Å²) in [5.74, 6) is -0.315. The zero-order valence-corrected chi connectivity index (χ0v) is 28.1. The van der Waals surface area contributed by atoms with E-state index >= 15 is 0 Å². The molecule has 1 fully saturated rings. The Kier molecular flexibility index (Phi) is 13.5. The van der Waals surface area contributed by atoms with E-state index in [1.807, 2.05) is 30.3 Å². The van der Waals surface area contributed by atoms with Gasteiger partial charge in [-0.15, -0.1) is 17.9 Å². The maximum Gasteiger partial charge on any atom is 0.310 e. The molecule has 0 spiro atoms. The number of carbonyl (C=O) groups is 3. The summed E-state index contributed by atoms with van der Waals surface area (Å²) < 4.78 is 7.12. The van der Waals surface area contributed by atoms with E-state index in [-0.39, 0.29) is 49.2 Å². The van der Waals surface area contributed by atoms with Gasteiger partial charge in [-0.25, -0.2) is 0 Å². The minimum atomic E-state index is -0.458. The van der Waals surface area contributed by atoms with E-state index in [0.717, 1.165) is 59.9 Å². The van der Waals surface area contributed by atoms with Crippen LogP contribution in [0.3, 0.4) is 0 Å². The smallest absolute Gasteiger partial charge is 0.310 e. The molecular weight excluding hydrogens is 594 g/mol. The standard InChI is InChI=1S/C39H47NO5S/c1-4-7-9-11-15-28(6-3)25-29(16-10-8-5-2)21-22-31-26-35(41)40(39(31)44)23-24-45-36(42)27-30-17-14-19-33-37(43)32-18-12-13-20-34(32)46-38(30)33/h6-10,12-14,17-20,28-29,31H,3-5,11,15-16,21-27H2,1-2H3/b9-7+,10-8-. The average molecular weight is 642 g/mol. The van der Waals surface area contributed by atoms with Gasteiger partial charge in [0.1, 0.15) is 6.61 Å². The second-order valence-electron chi connectivity index (χ2n) is 12.2. The first-order valence-electron chi connectivity index (χ1n) is 16.7. The number of carbonyl (C=O) groups excluding carboxylic acids is 3. The van der Waals surface area contributed by atoms with E-state index in [9.17, 15) is 19.2 Å². The Hall–Kier alpha value is -3.84. The van der Waals surface area contributed by atoms with E-state index in [1.165, 1.54) is 16.2 Å². The molecule has 6 nitrogen and oxygen atoms in total. The van der Waals surface area contributed by atoms with Gasteiger partial charge in [0.05, 0.1) is 13.0 Å². The van der Waals surface area contributed by atoms with Crippen LogP contribution in [0.4, 0.5) is 0 Å². The number of benzene rings is 2. The fraction of sp³-hybridized carbons (Fsp3) is 0.436. The maximum atomic E-state index is 13.2. The van der Waals surface area contributed by atoms with Crippen molar-refractivity contribution in [3.05, 3.63) is 95.2 Å². The monoisotopic (exact) mass is 641 g/mol. The van der Waals surface area contributed by atoms with E-state index in [4.69, 9.17) is 4.74 Å². The Morgan fingerprint density at radius 3 is 2.54 bits per heavy atom. The number of rotatable bonds is 18. The third-order valence-corrected chi connectivity index (χ3v) is 10.1. The molecule has 0 N–H and O–H groups in total. The lowest BCUT2D eigenvalue weighted by Gasteiger charge is -2.21. The van der Waals surface area contributed by atoms with Gasteiger partial charge < -0.3 is 4.74 Å². The lowest BCUT2D eigenvalue weighted by molar-refractivity contribution is -0.147. The Morgan fingerprint density at radius 1 is 1.00 bits per heavy atom. The number of nitrogens with zero attached hydrogens (tertiary/aromatic N) is 1. The van der Waals surface area contributed by atoms with Gasteiger partial charge in [-0.05, 0) is 87.0 Å². The van der Waals surface area contributed by atoms with Crippen LogP contribution < -0.4 is 5.43 Å². The summed E-state index contributed by atoms with van der Waals surface area (Å²) in [6, 6.07) is 12.9. The molecule has 244 valence electrons. The summed E-state index contributed by atoms with van der Waals surface area (Å²) in [6.45, 7) is 8.35. The second kappa shape index (κ2) is 17.7. The predicted octanol–water partition coefficient (Wildman–Crippen LogP) is 8.57. The van der Waals surface area contributed by atoms with Gasteiger partial charge in [0.25, 0.3) is 0 Å². The van der Waals surface area contributed by atoms with E-state index < -0.39 is 5.97 Å². The highest BCUT2D eigenvalue weighted by molar-refractivity contribution is 7.24. The molecule has 0 saturated carbocycles. The summed E-state index contributed by atoms with van der Waals surface area (Å²) in [6.07, 6.45) is 18.8. The Labute approximate surface area is 276 Å². The van der Waals surface area contributed by atoms with Crippen molar-refractivity contribution in [1.82, 2.24) is 4.90 Å². The predicted molar refractivity (Wildman–Crippen MR) is 189 cm³/mol. The third-order valence-electron chi connectivity index (χ3n) is 8.81. The van der Waals surface area contributed by atoms with Crippen molar-refractivity contribution in [2.75, 3.05) is 13.2 Å². The number of esters is 1. The average Bonchev–Trinajstić information content (AvgIpc) is 3.33. The SMILES string of the molecule is C=CC(CC/C=C/CC)CC(C/C=C\CC)CCC1CC(=O)N(CCOC(=O)Cc2cccc3c(=O)c4ccccc4sc23)C1=O. The van der Waals surface area contributed by atoms with Crippen LogP contribution >= 0.6 is 11.3 Å². The van der Waals surface area contributed by atoms with Crippen LogP contribution in [0.2, 0.25) is 0 Å². The summed E-state index contributed by atoms with van der Waals surface area (Å²) in [4.78, 5) is 53.1. The summed E-state index contributed by atoms with van der Waals surface area (Å²) in [5.41, 5.74) is 0.674. The number of fused-ring (bicyclic) bond motifs is 2. The number of ether oxygens (including phenoxy) is 1. The highest BCUT2D eigenvalue weighted by Crippen LogP contribution is 2.31. The molecular formula is C39H47NO5S. The highest BCUT2D eigenvalue weighted by atomic mass is 32.1. The van der Waals surface area contributed by atoms with Crippen LogP contribution in [0, 0.1) is 17.8 Å². The number of likely N-dealkylation sites (tertiary alicyclic amines) is 1. The molecule has 0 aliphatic carbocycles. The first-order chi connectivity index (χ1) is 22.4. The molecule has 1 saturated heterocycles. The van der Waals surface area contributed by atoms with Crippen molar-refractivity contribution >= 4 is 49.3 Å². The van der Waals surface area contributed by atoms with Crippen LogP contribution in [-0.4, -0.2) is 35.8 Å². The van der Waals surface area contributed by atoms with Crippen molar-refractivity contribution in [2.45, 2.75) is 78.1 Å². The lowest BCUT2D eigenvalue weighted by atomic mass is 9.84. The summed E-state index contributed by atoms with van der Waals surface area (Å²) in [5, 5.41) is 1.25. The molecule has 0 bridgehead atoms. The number of hydrogen-bond donors (Lipinski definition) is 0. The molecule has 4 rings (SSSR count). The molecule has 1 aliphatic heterocycles. The van der Waals surface area contributed by atoms with E-state index in [0.29, 0.717) is 29.0 Å². The molecule has 2 amide bonds. The van der Waals surface area contributed by atoms with Gasteiger partial charge >= 0.3 is 5.97 Å². The molecule has 46 heavy (non-hydrogen) atoms. The Balaban J connectivity index is 1.29. The van der Waals surface area contributed by atoms with Crippen LogP contribution in [0.15, 0.2) is 84.2 Å². The highest BCUT2D eigenvalue weighted by Gasteiger charge is 2.38. The quantitative estimate of drug-likeness (QED) is 0.0602. The van der Waals surface area contributed by atoms with E-state index in [1.54, 1.807) is 12.1 Å². The minimum absolute atomic E-state index is 0.00456. The summed E-state index contributed by atoms with van der Waals surface area (Å²) >= 11 is 1.48. The third kappa shape index (κ3) is 9.35. The number of hydrogen-bond acceptors (Lipinski definition) is 6. The van der Waals surface area contributed by atoms with Crippen molar-refractivity contribution in [2.24, 2.45) is 17.8 Å². The van der Waals surface area contributed by atoms with Crippen molar-refractivity contribution in [3.63, 3.8) is 0 Å². The Morgan fingerprint density at radius 2 is 1.76 bits per heavy atom. The number of amides is 2. The molecule has 1 aromatic heterocycles. The molecule has 3 unspecified atom stereocenters. The largest absolute Gasteiger partial charge is 0.464 e. The maximum absolute atomic E-state index is 13.2. The second-order valence-corrected chi connectivity index (χ2v) is 13.2. The van der Waals surface area contributed by atoms with Gasteiger partial charge in [-0.1, -0.05) is 68.5 Å². The topological polar surface area (TPSA) is 80.8 Å². The molecule has 3 atom stereocenters. The van der Waals surface area contributed by atoms with Crippen LogP contribution in [-0.2, 0) is 25.5 Å². The molecule has 1 aliphatic rings. The fourth-order valence-corrected chi connectivity index (χ4v) is 7.45. The van der Waals surface area contributed by atoms with Crippen LogP contribution in [0.5, 0.6) is 0 Å². The fourth-order valence-electron chi connectivity index (χ4n) is 6.27. The van der Waals surface area contributed by atoms with Crippen LogP contribution in [0.1, 0.15) is 77.2 Å². The molecule has 2 heterocycles. The van der Waals surface area contributed by atoms with Gasteiger partial charge in [-0.3, -0.25) is 24.1 Å². The number of allylic oxidation sites excluding steroid dienone is 5. The molecule has 0 radical (unpaired) electrons. The van der Waals surface area contributed by atoms with Gasteiger partial charge in [0, 0.05) is 32.5 Å². The van der Waals surface area contributed by atoms with Crippen LogP contribution in [0.25, 0.3) is 20.2 Å². The molecule has 7 heteroatoms. The van der Waals surface area contributed by atoms with Gasteiger partial charge in [-0.2, -0.15) is 0 Å².